The molecular weight excluding hydrogens is 152 g/mol. The van der Waals surface area contributed by atoms with Crippen LogP contribution < -0.4 is 0 Å². The van der Waals surface area contributed by atoms with Crippen LogP contribution in [0.25, 0.3) is 0 Å². The monoisotopic (exact) mass is 164 g/mol. The molecule has 2 heteroatoms. The van der Waals surface area contributed by atoms with Crippen molar-refractivity contribution in [3.05, 3.63) is 0 Å². The van der Waals surface area contributed by atoms with Gasteiger partial charge in [-0.1, -0.05) is 13.8 Å². The van der Waals surface area contributed by atoms with Gasteiger partial charge in [-0.05, 0) is 5.92 Å². The van der Waals surface area contributed by atoms with Crippen molar-refractivity contribution in [2.75, 3.05) is 6.61 Å². The Labute approximate surface area is 79.0 Å². The number of hydrogen-bond donors (Lipinski definition) is 1. The number of rotatable bonds is 1. The van der Waals surface area contributed by atoms with Gasteiger partial charge in [-0.15, -0.1) is 0 Å². The van der Waals surface area contributed by atoms with E-state index in [2.05, 4.69) is 0 Å². The van der Waals surface area contributed by atoms with E-state index < -0.39 is 0 Å². The van der Waals surface area contributed by atoms with Gasteiger partial charge in [0.15, 0.2) is 0 Å². The maximum absolute atomic E-state index is 8.14. The summed E-state index contributed by atoms with van der Waals surface area (Å²) in [7, 11) is 0. The van der Waals surface area contributed by atoms with Gasteiger partial charge in [0.2, 0.25) is 0 Å². The van der Waals surface area contributed by atoms with E-state index in [0.717, 1.165) is 0 Å². The maximum Gasteiger partial charge on any atom is 2.00 e. The van der Waals surface area contributed by atoms with E-state index in [1.165, 1.54) is 0 Å². The van der Waals surface area contributed by atoms with Crippen LogP contribution in [-0.2, 0) is 0 Å². The Morgan fingerprint density at radius 1 is 1.67 bits per heavy atom. The van der Waals surface area contributed by atoms with Crippen LogP contribution in [0.4, 0.5) is 0 Å². The summed E-state index contributed by atoms with van der Waals surface area (Å²) in [5, 5.41) is 8.14. The van der Waals surface area contributed by atoms with E-state index in [1.807, 2.05) is 13.8 Å². The summed E-state index contributed by atoms with van der Waals surface area (Å²) >= 11 is 0. The Bertz CT molecular complexity index is 28.0. The molecule has 0 aromatic rings. The molecule has 0 atom stereocenters. The quantitative estimate of drug-likeness (QED) is 0.558. The van der Waals surface area contributed by atoms with Crippen molar-refractivity contribution in [2.45, 2.75) is 13.8 Å². The standard InChI is InChI=1S/C4H10O.Sr.2H/c1-4(2)3-5;;;/h4-5H,3H2,1-2H3;;;/q;+2;2*-1. The summed E-state index contributed by atoms with van der Waals surface area (Å²) in [6, 6.07) is 0. The Hall–Kier alpha value is 1.44. The molecule has 0 saturated heterocycles. The van der Waals surface area contributed by atoms with Gasteiger partial charge in [-0.25, -0.2) is 0 Å². The van der Waals surface area contributed by atoms with Crippen molar-refractivity contribution in [3.8, 4) is 0 Å². The molecule has 0 aromatic heterocycles. The minimum atomic E-state index is 0. The Balaban J connectivity index is -0.0000000267. The molecule has 0 spiro atoms. The first-order chi connectivity index (χ1) is 2.27. The molecule has 0 radical (unpaired) electrons. The van der Waals surface area contributed by atoms with Gasteiger partial charge in [-0.2, -0.15) is 0 Å². The molecule has 0 aromatic carbocycles. The van der Waals surface area contributed by atoms with Gasteiger partial charge >= 0.3 is 45.5 Å². The van der Waals surface area contributed by atoms with Gasteiger partial charge < -0.3 is 7.96 Å². The van der Waals surface area contributed by atoms with Crippen LogP contribution in [0.3, 0.4) is 0 Å². The van der Waals surface area contributed by atoms with Gasteiger partial charge in [-0.3, -0.25) is 0 Å². The van der Waals surface area contributed by atoms with Crippen molar-refractivity contribution in [2.24, 2.45) is 5.92 Å². The van der Waals surface area contributed by atoms with Crippen LogP contribution in [0.2, 0.25) is 0 Å². The molecule has 0 fully saturated rings. The second-order valence-corrected chi connectivity index (χ2v) is 1.58. The summed E-state index contributed by atoms with van der Waals surface area (Å²) in [5.41, 5.74) is 0. The predicted molar refractivity (Wildman–Crippen MR) is 29.9 cm³/mol. The zero-order chi connectivity index (χ0) is 4.28. The second kappa shape index (κ2) is 6.44. The van der Waals surface area contributed by atoms with E-state index in [4.69, 9.17) is 5.11 Å². The number of aliphatic hydroxyl groups excluding tert-OH is 1. The van der Waals surface area contributed by atoms with Crippen LogP contribution in [0.5, 0.6) is 0 Å². The summed E-state index contributed by atoms with van der Waals surface area (Å²) in [6.07, 6.45) is 0. The molecule has 36 valence electrons. The molecule has 6 heavy (non-hydrogen) atoms. The first kappa shape index (κ1) is 10.4. The van der Waals surface area contributed by atoms with Gasteiger partial charge in [0.1, 0.15) is 0 Å². The number of hydrogen-bond acceptors (Lipinski definition) is 1. The van der Waals surface area contributed by atoms with Crippen LogP contribution in [0.15, 0.2) is 0 Å². The van der Waals surface area contributed by atoms with Crippen molar-refractivity contribution >= 4 is 45.5 Å². The number of aliphatic hydroxyl groups is 1. The largest absolute Gasteiger partial charge is 2.00 e. The van der Waals surface area contributed by atoms with E-state index in [1.54, 1.807) is 0 Å². The fraction of sp³-hybridized carbons (Fsp3) is 1.00. The van der Waals surface area contributed by atoms with E-state index >= 15 is 0 Å². The third kappa shape index (κ3) is 9.06. The van der Waals surface area contributed by atoms with E-state index in [0.29, 0.717) is 12.5 Å². The molecule has 1 nitrogen and oxygen atoms in total. The fourth-order valence-corrected chi connectivity index (χ4v) is 0. The zero-order valence-electron chi connectivity index (χ0n) is 6.44. The fourth-order valence-electron chi connectivity index (χ4n) is 0. The first-order valence-corrected chi connectivity index (χ1v) is 1.88. The van der Waals surface area contributed by atoms with Gasteiger partial charge in [0.25, 0.3) is 0 Å². The molecule has 0 rings (SSSR count). The molecule has 0 bridgehead atoms. The minimum Gasteiger partial charge on any atom is -1.00 e. The third-order valence-corrected chi connectivity index (χ3v) is 0.365. The first-order valence-electron chi connectivity index (χ1n) is 1.88. The van der Waals surface area contributed by atoms with Crippen molar-refractivity contribution in [3.63, 3.8) is 0 Å². The Kier molecular flexibility index (Phi) is 11.2. The van der Waals surface area contributed by atoms with Gasteiger partial charge in [0.05, 0.1) is 0 Å². The summed E-state index contributed by atoms with van der Waals surface area (Å²) < 4.78 is 0. The van der Waals surface area contributed by atoms with E-state index in [9.17, 15) is 0 Å². The molecule has 0 saturated carbocycles. The van der Waals surface area contributed by atoms with Gasteiger partial charge in [0, 0.05) is 6.61 Å². The predicted octanol–water partition coefficient (Wildman–Crippen LogP) is 0.479. The molecule has 0 aliphatic heterocycles. The van der Waals surface area contributed by atoms with Crippen molar-refractivity contribution in [1.29, 1.82) is 0 Å². The van der Waals surface area contributed by atoms with Crippen LogP contribution in [-0.4, -0.2) is 57.2 Å². The smallest absolute Gasteiger partial charge is 1.00 e. The topological polar surface area (TPSA) is 20.2 Å². The molecule has 0 unspecified atom stereocenters. The van der Waals surface area contributed by atoms with Crippen molar-refractivity contribution < 1.29 is 7.96 Å². The molecular formula is C4H12OSr. The molecule has 0 amide bonds. The zero-order valence-corrected chi connectivity index (χ0v) is 7.91. The maximum atomic E-state index is 8.14. The van der Waals surface area contributed by atoms with E-state index in [-0.39, 0.29) is 48.3 Å². The molecule has 0 heterocycles. The molecule has 1 N–H and O–H groups in total. The SMILES string of the molecule is CC(C)CO.[H-].[H-].[Sr+2]. The summed E-state index contributed by atoms with van der Waals surface area (Å²) in [4.78, 5) is 0. The molecule has 0 aliphatic carbocycles. The normalized spacial score (nSPS) is 8.00. The summed E-state index contributed by atoms with van der Waals surface area (Å²) in [6.45, 7) is 4.25. The average molecular weight is 164 g/mol. The van der Waals surface area contributed by atoms with Crippen LogP contribution >= 0.6 is 0 Å². The second-order valence-electron chi connectivity index (χ2n) is 1.58. The van der Waals surface area contributed by atoms with Crippen molar-refractivity contribution in [1.82, 2.24) is 0 Å². The van der Waals surface area contributed by atoms with Crippen LogP contribution in [0.1, 0.15) is 16.7 Å². The Morgan fingerprint density at radius 2 is 1.83 bits per heavy atom. The summed E-state index contributed by atoms with van der Waals surface area (Å²) in [5.74, 6) is 0.440. The minimum absolute atomic E-state index is 0. The molecule has 0 aliphatic rings. The Morgan fingerprint density at radius 3 is 1.83 bits per heavy atom. The van der Waals surface area contributed by atoms with Crippen LogP contribution in [0, 0.1) is 5.92 Å². The average Bonchev–Trinajstić information content (AvgIpc) is 1.38. The third-order valence-electron chi connectivity index (χ3n) is 0.365.